The minimum absolute atomic E-state index is 0.279. The molecule has 138 valence electrons. The van der Waals surface area contributed by atoms with E-state index in [2.05, 4.69) is 11.4 Å². The lowest BCUT2D eigenvalue weighted by atomic mass is 10.00. The number of anilines is 1. The van der Waals surface area contributed by atoms with Crippen LogP contribution in [0, 0.1) is 0 Å². The maximum Gasteiger partial charge on any atom is 0.241 e. The average Bonchev–Trinajstić information content (AvgIpc) is 2.57. The van der Waals surface area contributed by atoms with E-state index in [1.165, 1.54) is 25.2 Å². The molecule has 1 aromatic carbocycles. The van der Waals surface area contributed by atoms with Gasteiger partial charge in [0.05, 0.1) is 24.1 Å². The topological polar surface area (TPSA) is 75.7 Å². The number of carbonyl (C=O) groups excluding carboxylic acids is 1. The van der Waals surface area contributed by atoms with E-state index in [0.29, 0.717) is 18.0 Å². The number of rotatable bonds is 7. The fraction of sp³-hybridized carbons (Fsp3) is 0.471. The first-order valence-corrected chi connectivity index (χ1v) is 10.3. The molecule has 0 unspecified atom stereocenters. The first kappa shape index (κ1) is 19.6. The number of nitrogens with one attached hydrogen (secondary N) is 1. The van der Waals surface area contributed by atoms with Crippen LogP contribution < -0.4 is 14.4 Å². The number of nitrogens with zero attached hydrogens (tertiary/aromatic N) is 1. The van der Waals surface area contributed by atoms with Crippen LogP contribution in [0.3, 0.4) is 0 Å². The van der Waals surface area contributed by atoms with Crippen LogP contribution in [-0.4, -0.2) is 40.8 Å². The van der Waals surface area contributed by atoms with Crippen LogP contribution in [0.1, 0.15) is 25.7 Å². The predicted octanol–water partition coefficient (Wildman–Crippen LogP) is 2.73. The van der Waals surface area contributed by atoms with Gasteiger partial charge in [0.2, 0.25) is 15.9 Å². The van der Waals surface area contributed by atoms with Crippen LogP contribution >= 0.6 is 11.6 Å². The number of carbonyl (C=O) groups is 1. The second-order valence-electron chi connectivity index (χ2n) is 5.97. The SMILES string of the molecule is COc1ccc(N(CC(=O)NCC2=CCCCC2)S(C)(=O)=O)cc1Cl. The zero-order valence-corrected chi connectivity index (χ0v) is 16.0. The third-order valence-electron chi connectivity index (χ3n) is 4.01. The lowest BCUT2D eigenvalue weighted by Gasteiger charge is -2.23. The van der Waals surface area contributed by atoms with Crippen molar-refractivity contribution in [3.8, 4) is 5.75 Å². The van der Waals surface area contributed by atoms with E-state index in [1.54, 1.807) is 12.1 Å². The highest BCUT2D eigenvalue weighted by molar-refractivity contribution is 7.92. The molecule has 0 radical (unpaired) electrons. The number of hydrogen-bond donors (Lipinski definition) is 1. The van der Waals surface area contributed by atoms with Gasteiger partial charge in [-0.2, -0.15) is 0 Å². The van der Waals surface area contributed by atoms with Crippen LogP contribution in [0.25, 0.3) is 0 Å². The quantitative estimate of drug-likeness (QED) is 0.731. The molecule has 0 aliphatic heterocycles. The van der Waals surface area contributed by atoms with E-state index >= 15 is 0 Å². The third kappa shape index (κ3) is 5.64. The van der Waals surface area contributed by atoms with E-state index in [1.807, 2.05) is 0 Å². The fourth-order valence-corrected chi connectivity index (χ4v) is 3.77. The summed E-state index contributed by atoms with van der Waals surface area (Å²) in [6.07, 6.45) is 7.51. The smallest absolute Gasteiger partial charge is 0.241 e. The van der Waals surface area contributed by atoms with Crippen molar-refractivity contribution in [1.29, 1.82) is 0 Å². The Bertz CT molecular complexity index is 762. The molecule has 1 N–H and O–H groups in total. The van der Waals surface area contributed by atoms with Gasteiger partial charge in [-0.25, -0.2) is 8.42 Å². The molecule has 0 spiro atoms. The molecule has 1 aliphatic carbocycles. The van der Waals surface area contributed by atoms with E-state index in [-0.39, 0.29) is 17.5 Å². The number of benzene rings is 1. The summed E-state index contributed by atoms with van der Waals surface area (Å²) < 4.78 is 30.3. The minimum Gasteiger partial charge on any atom is -0.495 e. The molecule has 0 fully saturated rings. The van der Waals surface area contributed by atoms with Crippen LogP contribution in [0.2, 0.25) is 5.02 Å². The van der Waals surface area contributed by atoms with Gasteiger partial charge in [-0.3, -0.25) is 9.10 Å². The lowest BCUT2D eigenvalue weighted by Crippen LogP contribution is -2.41. The summed E-state index contributed by atoms with van der Waals surface area (Å²) in [5.74, 6) is 0.0800. The summed E-state index contributed by atoms with van der Waals surface area (Å²) in [6.45, 7) is 0.161. The summed E-state index contributed by atoms with van der Waals surface area (Å²) in [7, 11) is -2.16. The molecule has 25 heavy (non-hydrogen) atoms. The van der Waals surface area contributed by atoms with Crippen molar-refractivity contribution >= 4 is 33.2 Å². The number of allylic oxidation sites excluding steroid dienone is 1. The van der Waals surface area contributed by atoms with Gasteiger partial charge in [0.15, 0.2) is 0 Å². The number of ether oxygens (including phenoxy) is 1. The van der Waals surface area contributed by atoms with Crippen molar-refractivity contribution in [2.45, 2.75) is 25.7 Å². The predicted molar refractivity (Wildman–Crippen MR) is 99.8 cm³/mol. The van der Waals surface area contributed by atoms with Crippen molar-refractivity contribution < 1.29 is 17.9 Å². The highest BCUT2D eigenvalue weighted by Crippen LogP contribution is 2.30. The summed E-state index contributed by atoms with van der Waals surface area (Å²) >= 11 is 6.07. The second kappa shape index (κ2) is 8.58. The van der Waals surface area contributed by atoms with Gasteiger partial charge in [-0.1, -0.05) is 23.3 Å². The van der Waals surface area contributed by atoms with Gasteiger partial charge < -0.3 is 10.1 Å². The van der Waals surface area contributed by atoms with E-state index < -0.39 is 10.0 Å². The van der Waals surface area contributed by atoms with Crippen LogP contribution in [0.5, 0.6) is 5.75 Å². The monoisotopic (exact) mass is 386 g/mol. The lowest BCUT2D eigenvalue weighted by molar-refractivity contribution is -0.119. The molecule has 1 aromatic rings. The Hall–Kier alpha value is -1.73. The third-order valence-corrected chi connectivity index (χ3v) is 5.44. The van der Waals surface area contributed by atoms with Crippen molar-refractivity contribution in [3.63, 3.8) is 0 Å². The number of sulfonamides is 1. The molecule has 1 aliphatic rings. The van der Waals surface area contributed by atoms with E-state index in [4.69, 9.17) is 16.3 Å². The number of methoxy groups -OCH3 is 1. The summed E-state index contributed by atoms with van der Waals surface area (Å²) in [5.41, 5.74) is 1.51. The van der Waals surface area contributed by atoms with E-state index in [9.17, 15) is 13.2 Å². The number of hydrogen-bond acceptors (Lipinski definition) is 4. The molecule has 0 saturated carbocycles. The summed E-state index contributed by atoms with van der Waals surface area (Å²) in [5, 5.41) is 3.07. The Morgan fingerprint density at radius 1 is 1.36 bits per heavy atom. The largest absolute Gasteiger partial charge is 0.495 e. The first-order chi connectivity index (χ1) is 11.8. The van der Waals surface area contributed by atoms with Gasteiger partial charge in [-0.05, 0) is 43.9 Å². The van der Waals surface area contributed by atoms with Crippen molar-refractivity contribution in [1.82, 2.24) is 5.32 Å². The van der Waals surface area contributed by atoms with Crippen molar-refractivity contribution in [3.05, 3.63) is 34.9 Å². The van der Waals surface area contributed by atoms with Crippen molar-refractivity contribution in [2.24, 2.45) is 0 Å². The molecule has 0 heterocycles. The Morgan fingerprint density at radius 2 is 2.12 bits per heavy atom. The Labute approximate surface area is 153 Å². The van der Waals surface area contributed by atoms with Gasteiger partial charge in [0.1, 0.15) is 12.3 Å². The molecular formula is C17H23ClN2O4S. The molecule has 0 bridgehead atoms. The zero-order chi connectivity index (χ0) is 18.4. The first-order valence-electron chi connectivity index (χ1n) is 8.07. The molecule has 0 aromatic heterocycles. The highest BCUT2D eigenvalue weighted by Gasteiger charge is 2.22. The van der Waals surface area contributed by atoms with Crippen LogP contribution in [0.15, 0.2) is 29.8 Å². The van der Waals surface area contributed by atoms with Gasteiger partial charge in [0, 0.05) is 6.54 Å². The highest BCUT2D eigenvalue weighted by atomic mass is 35.5. The molecular weight excluding hydrogens is 364 g/mol. The standard InChI is InChI=1S/C17H23ClN2O4S/c1-24-16-9-8-14(10-15(16)18)20(25(2,22)23)12-17(21)19-11-13-6-4-3-5-7-13/h6,8-10H,3-5,7,11-12H2,1-2H3,(H,19,21). The number of halogens is 1. The fourth-order valence-electron chi connectivity index (χ4n) is 2.67. The minimum atomic E-state index is -3.63. The van der Waals surface area contributed by atoms with E-state index in [0.717, 1.165) is 29.8 Å². The van der Waals surface area contributed by atoms with Crippen molar-refractivity contribution in [2.75, 3.05) is 30.8 Å². The second-order valence-corrected chi connectivity index (χ2v) is 8.29. The van der Waals surface area contributed by atoms with Crippen LogP contribution in [-0.2, 0) is 14.8 Å². The molecule has 1 amide bonds. The molecule has 2 rings (SSSR count). The van der Waals surface area contributed by atoms with Gasteiger partial charge in [-0.15, -0.1) is 0 Å². The normalized spacial score (nSPS) is 14.6. The summed E-state index contributed by atoms with van der Waals surface area (Å²) in [4.78, 5) is 12.2. The molecule has 6 nitrogen and oxygen atoms in total. The maximum atomic E-state index is 12.2. The molecule has 0 atom stereocenters. The molecule has 8 heteroatoms. The average molecular weight is 387 g/mol. The summed E-state index contributed by atoms with van der Waals surface area (Å²) in [6, 6.07) is 4.60. The van der Waals surface area contributed by atoms with Crippen LogP contribution in [0.4, 0.5) is 5.69 Å². The Morgan fingerprint density at radius 3 is 2.68 bits per heavy atom. The van der Waals surface area contributed by atoms with Gasteiger partial charge in [0.25, 0.3) is 0 Å². The Kier molecular flexibility index (Phi) is 6.72. The number of amides is 1. The van der Waals surface area contributed by atoms with Gasteiger partial charge >= 0.3 is 0 Å². The zero-order valence-electron chi connectivity index (χ0n) is 14.4. The maximum absolute atomic E-state index is 12.2. The Balaban J connectivity index is 2.09. The molecule has 0 saturated heterocycles.